The minimum atomic E-state index is -2.06. The summed E-state index contributed by atoms with van der Waals surface area (Å²) in [7, 11) is 1.43. The zero-order chi connectivity index (χ0) is 44.9. The molecule has 16 nitrogen and oxygen atoms in total. The summed E-state index contributed by atoms with van der Waals surface area (Å²) >= 11 is 0. The van der Waals surface area contributed by atoms with E-state index in [1.165, 1.54) is 53.2 Å². The number of nitrogens with one attached hydrogen (secondary N) is 1. The van der Waals surface area contributed by atoms with Crippen LogP contribution in [0.4, 0.5) is 5.69 Å². The molecule has 0 aliphatic carbocycles. The van der Waals surface area contributed by atoms with Gasteiger partial charge in [-0.05, 0) is 32.8 Å². The van der Waals surface area contributed by atoms with Crippen molar-refractivity contribution in [3.63, 3.8) is 0 Å². The molecule has 1 fully saturated rings. The number of rotatable bonds is 5. The topological polar surface area (TPSA) is 229 Å². The zero-order valence-corrected chi connectivity index (χ0v) is 36.3. The number of fused-ring (bicyclic) bond motifs is 14. The molecule has 6 N–H and O–H groups in total. The maximum atomic E-state index is 14.4. The van der Waals surface area contributed by atoms with E-state index in [0.717, 1.165) is 45.0 Å². The highest BCUT2D eigenvalue weighted by Gasteiger charge is 2.50. The van der Waals surface area contributed by atoms with Crippen molar-refractivity contribution >= 4 is 46.7 Å². The molecule has 2 aromatic carbocycles. The normalized spacial score (nSPS) is 31.4. The summed E-state index contributed by atoms with van der Waals surface area (Å²) in [6.45, 7) is 14.1. The van der Waals surface area contributed by atoms with Crippen molar-refractivity contribution in [1.29, 1.82) is 0 Å². The molecule has 4 aliphatic heterocycles. The first-order valence-corrected chi connectivity index (χ1v) is 20.7. The van der Waals surface area contributed by atoms with E-state index in [1.54, 1.807) is 46.2 Å². The van der Waals surface area contributed by atoms with E-state index >= 15 is 0 Å². The minimum absolute atomic E-state index is 0.0417. The van der Waals surface area contributed by atoms with E-state index < -0.39 is 88.8 Å². The fraction of sp³-hybridized carbons (Fsp3) is 0.533. The van der Waals surface area contributed by atoms with Gasteiger partial charge in [0.15, 0.2) is 5.75 Å². The molecule has 4 aliphatic rings. The van der Waals surface area contributed by atoms with Crippen LogP contribution in [-0.2, 0) is 23.8 Å². The monoisotopic (exact) mass is 848 g/mol. The highest BCUT2D eigenvalue weighted by molar-refractivity contribution is 6.23. The van der Waals surface area contributed by atoms with Crippen LogP contribution in [0.15, 0.2) is 46.3 Å². The third-order valence-corrected chi connectivity index (χ3v) is 12.1. The van der Waals surface area contributed by atoms with Crippen molar-refractivity contribution in [2.75, 3.05) is 25.5 Å². The number of amides is 1. The number of phenolic OH excluding ortho intramolecular Hbond substituents is 3. The quantitative estimate of drug-likeness (QED) is 0.0508. The molecule has 6 rings (SSSR count). The Bertz CT molecular complexity index is 2140. The Kier molecular flexibility index (Phi) is 14.9. The Labute approximate surface area is 356 Å². The summed E-state index contributed by atoms with van der Waals surface area (Å²) in [5.74, 6) is -8.55. The predicted octanol–water partition coefficient (Wildman–Crippen LogP) is 5.99. The Morgan fingerprint density at radius 1 is 0.918 bits per heavy atom. The van der Waals surface area contributed by atoms with Crippen LogP contribution < -0.4 is 10.1 Å². The Balaban J connectivity index is 1.69. The number of benzene rings is 2. The van der Waals surface area contributed by atoms with Gasteiger partial charge in [-0.3, -0.25) is 14.4 Å². The molecule has 0 saturated carbocycles. The summed E-state index contributed by atoms with van der Waals surface area (Å²) in [5, 5.41) is 68.8. The molecule has 1 saturated heterocycles. The average Bonchev–Trinajstić information content (AvgIpc) is 3.35. The van der Waals surface area contributed by atoms with Gasteiger partial charge in [-0.25, -0.2) is 0 Å². The number of carbonyl (C=O) groups excluding carboxylic acids is 3. The van der Waals surface area contributed by atoms with Crippen molar-refractivity contribution < 1.29 is 58.9 Å². The molecule has 1 amide bonds. The molecule has 0 unspecified atom stereocenters. The minimum Gasteiger partial charge on any atom is -0.507 e. The van der Waals surface area contributed by atoms with Gasteiger partial charge in [-0.1, -0.05) is 58.8 Å². The Morgan fingerprint density at radius 3 is 2.23 bits per heavy atom. The van der Waals surface area contributed by atoms with Gasteiger partial charge in [0, 0.05) is 74.2 Å². The lowest BCUT2D eigenvalue weighted by Gasteiger charge is -2.38. The molecule has 332 valence electrons. The first-order chi connectivity index (χ1) is 28.8. The van der Waals surface area contributed by atoms with E-state index in [1.807, 2.05) is 4.90 Å². The number of likely N-dealkylation sites (tertiary alicyclic amines) is 1. The summed E-state index contributed by atoms with van der Waals surface area (Å²) in [6, 6.07) is 0. The summed E-state index contributed by atoms with van der Waals surface area (Å²) in [6.07, 6.45) is 10.4. The second-order valence-corrected chi connectivity index (χ2v) is 16.5. The number of methoxy groups -OCH3 is 1. The lowest BCUT2D eigenvalue weighted by Crippen LogP contribution is -2.46. The predicted molar refractivity (Wildman–Crippen MR) is 230 cm³/mol. The fourth-order valence-electron chi connectivity index (χ4n) is 8.28. The maximum Gasteiger partial charge on any atom is 0.312 e. The van der Waals surface area contributed by atoms with Gasteiger partial charge in [-0.15, -0.1) is 5.10 Å². The van der Waals surface area contributed by atoms with Gasteiger partial charge < -0.3 is 54.7 Å². The van der Waals surface area contributed by atoms with Gasteiger partial charge in [0.2, 0.25) is 0 Å². The highest BCUT2D eigenvalue weighted by Crippen LogP contribution is 2.55. The number of nitrogens with zero attached hydrogens (tertiary/aromatic N) is 3. The molecule has 2 aromatic rings. The van der Waals surface area contributed by atoms with Crippen LogP contribution in [0.3, 0.4) is 0 Å². The van der Waals surface area contributed by atoms with Crippen LogP contribution in [0.1, 0.15) is 95.6 Å². The van der Waals surface area contributed by atoms with E-state index in [-0.39, 0.29) is 44.5 Å². The van der Waals surface area contributed by atoms with Gasteiger partial charge >= 0.3 is 11.8 Å². The molecule has 5 bridgehead atoms. The number of Topliss-reactive ketones (excluding diaryl/α,β-unsaturated/α-hetero) is 1. The van der Waals surface area contributed by atoms with Gasteiger partial charge in [0.1, 0.15) is 29.7 Å². The number of ether oxygens (including phenoxy) is 4. The second kappa shape index (κ2) is 19.5. The van der Waals surface area contributed by atoms with Crippen LogP contribution >= 0.6 is 0 Å². The van der Waals surface area contributed by atoms with Crippen LogP contribution in [-0.4, -0.2) is 111 Å². The molecule has 0 spiro atoms. The Morgan fingerprint density at radius 2 is 1.59 bits per heavy atom. The maximum absolute atomic E-state index is 14.4. The number of aliphatic hydroxyl groups is 2. The summed E-state index contributed by atoms with van der Waals surface area (Å²) in [5.41, 5.74) is -0.537. The standard InChI is InChI=1S/C45H60N4O12/c1-23-15-14-16-24(2)44(57)48-35-30(21-46-47-22-49-18-12-10-11-13-19-49)39(54)32-33(40(35)55)38(53)28(6)42-34(32)43(56)45(8,61-42)59-20-17-31(58-9)25(3)41(60-29(7)50)27(5)37(52)26(4)36(23)51/h14-17,20-23,25-27,31,36-37,41,51-55H,10-13,18-19H2,1-9H3,(H,48,57)/b15-14+,20-17+,24-16-,46-21+,47-22+/t23-,25+,26+,27+,31-,36-,37+,41+,45-/m0/s1. The van der Waals surface area contributed by atoms with E-state index in [2.05, 4.69) is 15.5 Å². The smallest absolute Gasteiger partial charge is 0.312 e. The number of allylic oxidation sites excluding steroid dienone is 2. The molecule has 9 atom stereocenters. The summed E-state index contributed by atoms with van der Waals surface area (Å²) in [4.78, 5) is 42.5. The Hall–Kier alpha value is -5.45. The van der Waals surface area contributed by atoms with Crippen molar-refractivity contribution in [2.24, 2.45) is 33.9 Å². The molecule has 16 heteroatoms. The number of carbonyl (C=O) groups is 3. The molecular formula is C45H60N4O12. The number of aromatic hydroxyl groups is 3. The number of hydrogen-bond donors (Lipinski definition) is 6. The van der Waals surface area contributed by atoms with Gasteiger partial charge in [0.05, 0.1) is 53.0 Å². The van der Waals surface area contributed by atoms with Crippen LogP contribution in [0.2, 0.25) is 0 Å². The number of aliphatic hydroxyl groups excluding tert-OH is 2. The molecule has 4 heterocycles. The van der Waals surface area contributed by atoms with Crippen LogP contribution in [0.5, 0.6) is 23.0 Å². The van der Waals surface area contributed by atoms with Crippen LogP contribution in [0.25, 0.3) is 10.8 Å². The first-order valence-electron chi connectivity index (χ1n) is 20.7. The highest BCUT2D eigenvalue weighted by atomic mass is 16.7. The van der Waals surface area contributed by atoms with Crippen molar-refractivity contribution in [2.45, 2.75) is 111 Å². The SMILES string of the molecule is CO[C@H]1/C=C/O[C@@]2(C)Oc3c(C)c(O)c4c(O)c(c(/C=N/N=C/N5CCCCCC5)c(O)c4c3C2=O)NC(=O)/C(C)=C\C=C\[C@H](C)[C@H](O)[C@@H](C)[C@@H](O)[C@@H](C)[C@H](OC(C)=O)[C@@H]1C. The third kappa shape index (κ3) is 9.71. The third-order valence-electron chi connectivity index (χ3n) is 12.1. The van der Waals surface area contributed by atoms with E-state index in [0.29, 0.717) is 0 Å². The van der Waals surface area contributed by atoms with Crippen LogP contribution in [0, 0.1) is 30.6 Å². The number of esters is 1. The molecule has 0 aromatic heterocycles. The van der Waals surface area contributed by atoms with Crippen molar-refractivity contribution in [3.05, 3.63) is 52.8 Å². The molecule has 61 heavy (non-hydrogen) atoms. The number of phenols is 3. The molecular weight excluding hydrogens is 789 g/mol. The molecule has 0 radical (unpaired) electrons. The lowest BCUT2D eigenvalue weighted by atomic mass is 9.78. The van der Waals surface area contributed by atoms with Crippen molar-refractivity contribution in [1.82, 2.24) is 4.90 Å². The fourth-order valence-corrected chi connectivity index (χ4v) is 8.28. The van der Waals surface area contributed by atoms with E-state index in [4.69, 9.17) is 18.9 Å². The second-order valence-electron chi connectivity index (χ2n) is 16.5. The zero-order valence-electron chi connectivity index (χ0n) is 36.3. The van der Waals surface area contributed by atoms with Gasteiger partial charge in [0.25, 0.3) is 11.7 Å². The largest absolute Gasteiger partial charge is 0.507 e. The number of ketones is 1. The van der Waals surface area contributed by atoms with Gasteiger partial charge in [-0.2, -0.15) is 5.10 Å². The summed E-state index contributed by atoms with van der Waals surface area (Å²) < 4.78 is 23.6. The average molecular weight is 849 g/mol. The first kappa shape index (κ1) is 46.6. The number of anilines is 1. The lowest BCUT2D eigenvalue weighted by molar-refractivity contribution is -0.160. The number of hydrogen-bond acceptors (Lipinski definition) is 14. The van der Waals surface area contributed by atoms with Crippen molar-refractivity contribution in [3.8, 4) is 23.0 Å². The van der Waals surface area contributed by atoms with E-state index in [9.17, 15) is 39.9 Å².